The van der Waals surface area contributed by atoms with E-state index in [9.17, 15) is 0 Å². The number of hydrogen-bond acceptors (Lipinski definition) is 0. The minimum atomic E-state index is -1.13. The van der Waals surface area contributed by atoms with Crippen LogP contribution in [-0.4, -0.2) is 21.1 Å². The molecular formula is C23H36BN2+. The lowest BCUT2D eigenvalue weighted by Gasteiger charge is -2.35. The molecule has 2 aliphatic heterocycles. The zero-order valence-electron chi connectivity index (χ0n) is 18.4. The van der Waals surface area contributed by atoms with Crippen LogP contribution in [0.15, 0.2) is 16.8 Å². The third-order valence-electron chi connectivity index (χ3n) is 6.70. The van der Waals surface area contributed by atoms with E-state index in [-0.39, 0.29) is 0 Å². The molecule has 3 heteroatoms. The first kappa shape index (κ1) is 19.1. The molecule has 0 saturated heterocycles. The molecule has 1 aromatic heterocycles. The Morgan fingerprint density at radius 1 is 1.04 bits per heavy atom. The molecule has 2 nitrogen and oxygen atoms in total. The van der Waals surface area contributed by atoms with Crippen molar-refractivity contribution in [1.29, 1.82) is 0 Å². The van der Waals surface area contributed by atoms with Crippen LogP contribution in [0.25, 0.3) is 5.57 Å². The summed E-state index contributed by atoms with van der Waals surface area (Å²) >= 11 is 0. The van der Waals surface area contributed by atoms with Gasteiger partial charge in [-0.3, -0.25) is 0 Å². The van der Waals surface area contributed by atoms with Crippen molar-refractivity contribution >= 4 is 17.7 Å². The Morgan fingerprint density at radius 3 is 2.15 bits per heavy atom. The predicted molar refractivity (Wildman–Crippen MR) is 116 cm³/mol. The van der Waals surface area contributed by atoms with Crippen molar-refractivity contribution < 1.29 is 4.49 Å². The maximum Gasteiger partial charge on any atom is 0.557 e. The van der Waals surface area contributed by atoms with E-state index in [0.29, 0.717) is 5.92 Å². The second-order valence-electron chi connectivity index (χ2n) is 9.00. The van der Waals surface area contributed by atoms with Crippen molar-refractivity contribution in [3.8, 4) is 0 Å². The zero-order chi connectivity index (χ0) is 19.5. The monoisotopic (exact) mass is 351 g/mol. The Labute approximate surface area is 160 Å². The Morgan fingerprint density at radius 2 is 1.65 bits per heavy atom. The summed E-state index contributed by atoms with van der Waals surface area (Å²) in [6.45, 7) is 25.6. The molecule has 0 aromatic carbocycles. The van der Waals surface area contributed by atoms with Crippen molar-refractivity contribution in [2.75, 3.05) is 0 Å². The van der Waals surface area contributed by atoms with Gasteiger partial charge in [-0.15, -0.1) is 0 Å². The second-order valence-corrected chi connectivity index (χ2v) is 9.00. The van der Waals surface area contributed by atoms with E-state index in [0.717, 1.165) is 19.3 Å². The Hall–Kier alpha value is -1.64. The average Bonchev–Trinajstić information content (AvgIpc) is 2.95. The minimum Gasteiger partial charge on any atom is -0.413 e. The number of nitrogens with zero attached hydrogens (tertiary/aromatic N) is 2. The van der Waals surface area contributed by atoms with Crippen molar-refractivity contribution in [3.05, 3.63) is 46.2 Å². The van der Waals surface area contributed by atoms with Crippen LogP contribution in [0.3, 0.4) is 0 Å². The average molecular weight is 351 g/mol. The first-order valence-corrected chi connectivity index (χ1v) is 10.4. The van der Waals surface area contributed by atoms with Gasteiger partial charge in [-0.25, -0.2) is 0 Å². The number of fused-ring (bicyclic) bond motifs is 2. The van der Waals surface area contributed by atoms with Gasteiger partial charge in [0.05, 0.1) is 0 Å². The largest absolute Gasteiger partial charge is 0.557 e. The van der Waals surface area contributed by atoms with Crippen LogP contribution in [0.2, 0.25) is 6.82 Å². The molecule has 0 N–H and O–H groups in total. The van der Waals surface area contributed by atoms with Crippen molar-refractivity contribution in [2.24, 2.45) is 5.92 Å². The van der Waals surface area contributed by atoms with Crippen LogP contribution in [0.1, 0.15) is 76.9 Å². The molecule has 0 aliphatic carbocycles. The topological polar surface area (TPSA) is 7.94 Å². The summed E-state index contributed by atoms with van der Waals surface area (Å²) < 4.78 is 5.18. The van der Waals surface area contributed by atoms with Gasteiger partial charge in [-0.2, -0.15) is 0 Å². The zero-order valence-corrected chi connectivity index (χ0v) is 18.4. The van der Waals surface area contributed by atoms with Crippen LogP contribution in [0, 0.1) is 26.6 Å². The second kappa shape index (κ2) is 6.21. The maximum atomic E-state index is 4.80. The molecule has 0 fully saturated rings. The third kappa shape index (κ3) is 2.32. The molecule has 1 unspecified atom stereocenters. The standard InChI is InChI=1S/C23H36BN2/c1-11-19-15(5)22-21(13-14(3)4)23-16(6)20(12-2)18(8)26(23)24(9,10)25(22)17(19)7/h14H,9,11-13H2,1-8,10H3/q+1. The molecule has 0 bridgehead atoms. The summed E-state index contributed by atoms with van der Waals surface area (Å²) in [4.78, 5) is 0. The highest BCUT2D eigenvalue weighted by Gasteiger charge is 2.53. The molecule has 3 heterocycles. The van der Waals surface area contributed by atoms with Gasteiger partial charge in [0.15, 0.2) is 5.70 Å². The summed E-state index contributed by atoms with van der Waals surface area (Å²) in [5.41, 5.74) is 13.2. The number of allylic oxidation sites excluding steroid dienone is 3. The lowest BCUT2D eigenvalue weighted by atomic mass is 9.48. The van der Waals surface area contributed by atoms with Crippen molar-refractivity contribution in [2.45, 2.75) is 81.5 Å². The van der Waals surface area contributed by atoms with E-state index < -0.39 is 6.42 Å². The molecule has 1 aromatic rings. The summed E-state index contributed by atoms with van der Waals surface area (Å²) in [6.07, 6.45) is 2.17. The molecule has 2 aliphatic rings. The van der Waals surface area contributed by atoms with Gasteiger partial charge in [0.25, 0.3) is 0 Å². The summed E-state index contributed by atoms with van der Waals surface area (Å²) in [6, 6.07) is 0. The molecule has 0 saturated carbocycles. The van der Waals surface area contributed by atoms with Crippen molar-refractivity contribution in [3.63, 3.8) is 0 Å². The Kier molecular flexibility index (Phi) is 4.57. The first-order valence-electron chi connectivity index (χ1n) is 10.4. The van der Waals surface area contributed by atoms with E-state index in [2.05, 4.69) is 71.2 Å². The third-order valence-corrected chi connectivity index (χ3v) is 6.70. The molecule has 140 valence electrons. The van der Waals surface area contributed by atoms with E-state index in [1.165, 1.54) is 50.6 Å². The molecule has 26 heavy (non-hydrogen) atoms. The number of hydrogen-bond donors (Lipinski definition) is 0. The van der Waals surface area contributed by atoms with E-state index in [4.69, 9.17) is 6.82 Å². The predicted octanol–water partition coefficient (Wildman–Crippen LogP) is 5.95. The quantitative estimate of drug-likeness (QED) is 0.468. The van der Waals surface area contributed by atoms with Crippen LogP contribution >= 0.6 is 0 Å². The van der Waals surface area contributed by atoms with E-state index >= 15 is 0 Å². The highest BCUT2D eigenvalue weighted by molar-refractivity contribution is 6.73. The van der Waals surface area contributed by atoms with E-state index in [1.807, 2.05) is 0 Å². The molecule has 0 radical (unpaired) electrons. The number of rotatable bonds is 4. The first-order chi connectivity index (χ1) is 12.1. The van der Waals surface area contributed by atoms with Crippen LogP contribution in [0.5, 0.6) is 0 Å². The molecule has 0 spiro atoms. The van der Waals surface area contributed by atoms with Crippen molar-refractivity contribution in [1.82, 2.24) is 4.48 Å². The van der Waals surface area contributed by atoms with Gasteiger partial charge in [0.1, 0.15) is 5.71 Å². The highest BCUT2D eigenvalue weighted by atomic mass is 15.2. The molecule has 1 atom stereocenters. The lowest BCUT2D eigenvalue weighted by Crippen LogP contribution is -2.54. The molecular weight excluding hydrogens is 315 g/mol. The Bertz CT molecular complexity index is 873. The van der Waals surface area contributed by atoms with Gasteiger partial charge in [-0.05, 0) is 76.4 Å². The maximum absolute atomic E-state index is 4.80. The smallest absolute Gasteiger partial charge is 0.413 e. The van der Waals surface area contributed by atoms with Gasteiger partial charge in [-0.1, -0.05) is 27.7 Å². The van der Waals surface area contributed by atoms with Crippen LogP contribution in [-0.2, 0) is 6.42 Å². The molecule has 0 amide bonds. The normalized spacial score (nSPS) is 22.7. The van der Waals surface area contributed by atoms with Gasteiger partial charge < -0.3 is 8.96 Å². The van der Waals surface area contributed by atoms with Crippen LogP contribution in [0.4, 0.5) is 0 Å². The highest BCUT2D eigenvalue weighted by Crippen LogP contribution is 2.45. The van der Waals surface area contributed by atoms with Gasteiger partial charge in [0.2, 0.25) is 0 Å². The van der Waals surface area contributed by atoms with Crippen LogP contribution < -0.4 is 0 Å². The van der Waals surface area contributed by atoms with E-state index in [1.54, 1.807) is 0 Å². The SMILES string of the molecule is [CH2+][B-]1(C)n2c(C)c(CC)c(C)c2C(CC(C)C)=C2C(C)=C(CC)C(C)=[N+]21. The van der Waals surface area contributed by atoms with Gasteiger partial charge in [0, 0.05) is 29.3 Å². The number of aromatic nitrogens is 1. The fourth-order valence-electron chi connectivity index (χ4n) is 5.82. The fraction of sp³-hybridized carbons (Fsp3) is 0.565. The lowest BCUT2D eigenvalue weighted by molar-refractivity contribution is -0.334. The fourth-order valence-corrected chi connectivity index (χ4v) is 5.82. The summed E-state index contributed by atoms with van der Waals surface area (Å²) in [5.74, 6) is 0.632. The summed E-state index contributed by atoms with van der Waals surface area (Å²) in [7, 11) is 0. The Balaban J connectivity index is 2.49. The van der Waals surface area contributed by atoms with Gasteiger partial charge >= 0.3 is 6.42 Å². The molecule has 3 rings (SSSR count). The summed E-state index contributed by atoms with van der Waals surface area (Å²) in [5, 5.41) is 0. The minimum absolute atomic E-state index is 0.632.